The van der Waals surface area contributed by atoms with E-state index in [0.717, 1.165) is 19.6 Å². The maximum absolute atomic E-state index is 13.5. The van der Waals surface area contributed by atoms with Crippen LogP contribution < -0.4 is 11.1 Å². The number of para-hydroxylation sites is 1. The summed E-state index contributed by atoms with van der Waals surface area (Å²) in [5, 5.41) is 2.62. The van der Waals surface area contributed by atoms with Crippen molar-refractivity contribution in [2.45, 2.75) is 6.92 Å². The van der Waals surface area contributed by atoms with Gasteiger partial charge in [0.05, 0.1) is 5.69 Å². The molecule has 1 aliphatic rings. The van der Waals surface area contributed by atoms with Gasteiger partial charge in [-0.25, -0.2) is 9.18 Å². The number of nitrogens with zero attached hydrogens (tertiary/aromatic N) is 2. The summed E-state index contributed by atoms with van der Waals surface area (Å²) >= 11 is 0. The number of urea groups is 1. The van der Waals surface area contributed by atoms with Gasteiger partial charge in [0, 0.05) is 32.7 Å². The van der Waals surface area contributed by atoms with Gasteiger partial charge in [-0.2, -0.15) is 0 Å². The first-order valence-corrected chi connectivity index (χ1v) is 7.33. The summed E-state index contributed by atoms with van der Waals surface area (Å²) in [4.78, 5) is 16.1. The van der Waals surface area contributed by atoms with Gasteiger partial charge in [0.15, 0.2) is 0 Å². The highest BCUT2D eigenvalue weighted by molar-refractivity contribution is 5.89. The zero-order valence-electron chi connectivity index (χ0n) is 12.4. The number of hydrogen-bond donors (Lipinski definition) is 2. The summed E-state index contributed by atoms with van der Waals surface area (Å²) in [6.45, 7) is 6.71. The Morgan fingerprint density at radius 1 is 1.33 bits per heavy atom. The minimum atomic E-state index is -0.416. The Hall–Kier alpha value is -1.66. The summed E-state index contributed by atoms with van der Waals surface area (Å²) in [5.74, 6) is 0.0463. The molecule has 1 aromatic rings. The first kappa shape index (κ1) is 15.7. The van der Waals surface area contributed by atoms with Crippen LogP contribution in [0.15, 0.2) is 24.3 Å². The Morgan fingerprint density at radius 2 is 2.00 bits per heavy atom. The Labute approximate surface area is 124 Å². The maximum Gasteiger partial charge on any atom is 0.322 e. The first-order chi connectivity index (χ1) is 10.1. The number of carbonyl (C=O) groups is 1. The third kappa shape index (κ3) is 4.41. The number of carbonyl (C=O) groups excluding carboxylic acids is 1. The van der Waals surface area contributed by atoms with Crippen molar-refractivity contribution in [2.24, 2.45) is 11.7 Å². The van der Waals surface area contributed by atoms with Crippen molar-refractivity contribution in [3.63, 3.8) is 0 Å². The van der Waals surface area contributed by atoms with E-state index >= 15 is 0 Å². The van der Waals surface area contributed by atoms with E-state index in [4.69, 9.17) is 5.73 Å². The second-order valence-electron chi connectivity index (χ2n) is 5.54. The molecule has 1 aliphatic heterocycles. The minimum Gasteiger partial charge on any atom is -0.330 e. The van der Waals surface area contributed by atoms with Crippen molar-refractivity contribution in [2.75, 3.05) is 44.6 Å². The molecule has 6 heteroatoms. The molecule has 1 aromatic carbocycles. The fraction of sp³-hybridized carbons (Fsp3) is 0.533. The van der Waals surface area contributed by atoms with Crippen molar-refractivity contribution in [3.05, 3.63) is 30.1 Å². The van der Waals surface area contributed by atoms with E-state index in [9.17, 15) is 9.18 Å². The number of anilines is 1. The number of amides is 2. The summed E-state index contributed by atoms with van der Waals surface area (Å²) in [6, 6.07) is 5.95. The Morgan fingerprint density at radius 3 is 2.62 bits per heavy atom. The quantitative estimate of drug-likeness (QED) is 0.886. The molecule has 1 unspecified atom stereocenters. The lowest BCUT2D eigenvalue weighted by Gasteiger charge is -2.35. The molecule has 2 amide bonds. The van der Waals surface area contributed by atoms with E-state index in [1.54, 1.807) is 23.1 Å². The maximum atomic E-state index is 13.5. The largest absolute Gasteiger partial charge is 0.330 e. The standard InChI is InChI=1S/C15H23FN4O/c1-12(10-17)11-19-6-8-20(9-7-19)15(21)18-14-5-3-2-4-13(14)16/h2-5,12H,6-11,17H2,1H3,(H,18,21). The zero-order valence-corrected chi connectivity index (χ0v) is 12.4. The van der Waals surface area contributed by atoms with Crippen LogP contribution in [-0.2, 0) is 0 Å². The van der Waals surface area contributed by atoms with Crippen LogP contribution in [0.25, 0.3) is 0 Å². The lowest BCUT2D eigenvalue weighted by atomic mass is 10.1. The molecule has 0 saturated carbocycles. The van der Waals surface area contributed by atoms with E-state index in [1.807, 2.05) is 0 Å². The van der Waals surface area contributed by atoms with Crippen molar-refractivity contribution in [1.82, 2.24) is 9.80 Å². The summed E-state index contributed by atoms with van der Waals surface area (Å²) in [6.07, 6.45) is 0. The number of nitrogens with two attached hydrogens (primary N) is 1. The second kappa shape index (κ2) is 7.38. The van der Waals surface area contributed by atoms with Crippen LogP contribution in [0.3, 0.4) is 0 Å². The third-order valence-electron chi connectivity index (χ3n) is 3.75. The first-order valence-electron chi connectivity index (χ1n) is 7.33. The fourth-order valence-electron chi connectivity index (χ4n) is 2.41. The molecule has 5 nitrogen and oxygen atoms in total. The van der Waals surface area contributed by atoms with Gasteiger partial charge in [-0.3, -0.25) is 4.90 Å². The monoisotopic (exact) mass is 294 g/mol. The summed E-state index contributed by atoms with van der Waals surface area (Å²) in [5.41, 5.74) is 5.85. The van der Waals surface area contributed by atoms with Gasteiger partial charge in [-0.1, -0.05) is 19.1 Å². The summed E-state index contributed by atoms with van der Waals surface area (Å²) < 4.78 is 13.5. The van der Waals surface area contributed by atoms with E-state index < -0.39 is 5.82 Å². The van der Waals surface area contributed by atoms with Gasteiger partial charge in [0.2, 0.25) is 0 Å². The molecule has 1 atom stereocenters. The highest BCUT2D eigenvalue weighted by Gasteiger charge is 2.22. The van der Waals surface area contributed by atoms with Gasteiger partial charge < -0.3 is 16.0 Å². The van der Waals surface area contributed by atoms with Crippen LogP contribution in [0.1, 0.15) is 6.92 Å². The molecule has 2 rings (SSSR count). The Kier molecular flexibility index (Phi) is 5.52. The molecule has 1 fully saturated rings. The molecule has 0 aromatic heterocycles. The average molecular weight is 294 g/mol. The van der Waals surface area contributed by atoms with Gasteiger partial charge in [-0.15, -0.1) is 0 Å². The predicted molar refractivity (Wildman–Crippen MR) is 81.7 cm³/mol. The molecule has 3 N–H and O–H groups in total. The van der Waals surface area contributed by atoms with Gasteiger partial charge in [-0.05, 0) is 24.6 Å². The van der Waals surface area contributed by atoms with Crippen molar-refractivity contribution in [3.8, 4) is 0 Å². The van der Waals surface area contributed by atoms with Crippen molar-refractivity contribution >= 4 is 11.7 Å². The molecule has 0 spiro atoms. The van der Waals surface area contributed by atoms with Crippen LogP contribution in [0.4, 0.5) is 14.9 Å². The predicted octanol–water partition coefficient (Wildman–Crippen LogP) is 1.57. The van der Waals surface area contributed by atoms with Crippen LogP contribution in [0, 0.1) is 11.7 Å². The van der Waals surface area contributed by atoms with E-state index in [2.05, 4.69) is 17.1 Å². The highest BCUT2D eigenvalue weighted by atomic mass is 19.1. The van der Waals surface area contributed by atoms with Crippen LogP contribution in [0.2, 0.25) is 0 Å². The number of hydrogen-bond acceptors (Lipinski definition) is 3. The van der Waals surface area contributed by atoms with Crippen LogP contribution in [0.5, 0.6) is 0 Å². The van der Waals surface area contributed by atoms with Gasteiger partial charge >= 0.3 is 6.03 Å². The molecular formula is C15H23FN4O. The molecule has 0 bridgehead atoms. The minimum absolute atomic E-state index is 0.224. The second-order valence-corrected chi connectivity index (χ2v) is 5.54. The topological polar surface area (TPSA) is 61.6 Å². The number of nitrogens with one attached hydrogen (secondary N) is 1. The number of benzene rings is 1. The van der Waals surface area contributed by atoms with Gasteiger partial charge in [0.25, 0.3) is 0 Å². The molecule has 1 heterocycles. The normalized spacial score (nSPS) is 17.6. The molecule has 0 aliphatic carbocycles. The highest BCUT2D eigenvalue weighted by Crippen LogP contribution is 2.14. The van der Waals surface area contributed by atoms with E-state index in [-0.39, 0.29) is 11.7 Å². The number of piperazine rings is 1. The zero-order chi connectivity index (χ0) is 15.2. The lowest BCUT2D eigenvalue weighted by Crippen LogP contribution is -2.51. The lowest BCUT2D eigenvalue weighted by molar-refractivity contribution is 0.137. The fourth-order valence-corrected chi connectivity index (χ4v) is 2.41. The van der Waals surface area contributed by atoms with Crippen molar-refractivity contribution < 1.29 is 9.18 Å². The third-order valence-corrected chi connectivity index (χ3v) is 3.75. The molecule has 0 radical (unpaired) electrons. The van der Waals surface area contributed by atoms with Crippen LogP contribution in [-0.4, -0.2) is 55.1 Å². The van der Waals surface area contributed by atoms with Gasteiger partial charge in [0.1, 0.15) is 5.82 Å². The molecular weight excluding hydrogens is 271 g/mol. The molecule has 116 valence electrons. The van der Waals surface area contributed by atoms with E-state index in [1.165, 1.54) is 6.07 Å². The van der Waals surface area contributed by atoms with Crippen LogP contribution >= 0.6 is 0 Å². The Balaban J connectivity index is 1.82. The number of rotatable bonds is 4. The smallest absolute Gasteiger partial charge is 0.322 e. The summed E-state index contributed by atoms with van der Waals surface area (Å²) in [7, 11) is 0. The van der Waals surface area contributed by atoms with Crippen molar-refractivity contribution in [1.29, 1.82) is 0 Å². The SMILES string of the molecule is CC(CN)CN1CCN(C(=O)Nc2ccccc2F)CC1. The van der Waals surface area contributed by atoms with E-state index in [0.29, 0.717) is 25.6 Å². The average Bonchev–Trinajstić information content (AvgIpc) is 2.50. The number of halogens is 1. The molecule has 1 saturated heterocycles. The Bertz CT molecular complexity index is 474. The molecule has 21 heavy (non-hydrogen) atoms.